The Balaban J connectivity index is 2.00. The fourth-order valence-corrected chi connectivity index (χ4v) is 5.02. The van der Waals surface area contributed by atoms with Crippen molar-refractivity contribution in [1.82, 2.24) is 13.9 Å². The van der Waals surface area contributed by atoms with Gasteiger partial charge in [0.2, 0.25) is 10.0 Å². The summed E-state index contributed by atoms with van der Waals surface area (Å²) in [6.07, 6.45) is 0. The van der Waals surface area contributed by atoms with E-state index < -0.39 is 10.0 Å². The van der Waals surface area contributed by atoms with Crippen LogP contribution in [0.5, 0.6) is 0 Å². The number of halogens is 1. The average molecular weight is 439 g/mol. The Bertz CT molecular complexity index is 1160. The van der Waals surface area contributed by atoms with Gasteiger partial charge in [-0.05, 0) is 58.2 Å². The lowest BCUT2D eigenvalue weighted by Gasteiger charge is -2.10. The number of nitrogens with two attached hydrogens (primary N) is 1. The minimum Gasteiger partial charge on any atom is -0.399 e. The van der Waals surface area contributed by atoms with Gasteiger partial charge in [0, 0.05) is 30.8 Å². The standard InChI is InChI=1S/C17H19BrN4O3S/c1-10-4-11(6-12(19)5-10)9-20-26(24,25)16-8-15-14(7-13(16)18)21(2)17(23)22(15)3/h4-8,20H,9,19H2,1-3H3. The number of aryl methyl sites for hydroxylation is 3. The van der Waals surface area contributed by atoms with Crippen molar-refractivity contribution in [3.8, 4) is 0 Å². The molecular weight excluding hydrogens is 420 g/mol. The highest BCUT2D eigenvalue weighted by Crippen LogP contribution is 2.27. The number of benzene rings is 2. The lowest BCUT2D eigenvalue weighted by atomic mass is 10.1. The van der Waals surface area contributed by atoms with Gasteiger partial charge >= 0.3 is 5.69 Å². The summed E-state index contributed by atoms with van der Waals surface area (Å²) >= 11 is 3.31. The fourth-order valence-electron chi connectivity index (χ4n) is 2.96. The third kappa shape index (κ3) is 3.29. The van der Waals surface area contributed by atoms with Crippen molar-refractivity contribution in [1.29, 1.82) is 0 Å². The van der Waals surface area contributed by atoms with Gasteiger partial charge < -0.3 is 5.73 Å². The molecule has 1 heterocycles. The summed E-state index contributed by atoms with van der Waals surface area (Å²) in [5, 5.41) is 0. The van der Waals surface area contributed by atoms with E-state index in [9.17, 15) is 13.2 Å². The van der Waals surface area contributed by atoms with Gasteiger partial charge in [0.1, 0.15) is 0 Å². The predicted molar refractivity (Wildman–Crippen MR) is 105 cm³/mol. The second kappa shape index (κ2) is 6.57. The van der Waals surface area contributed by atoms with Crippen molar-refractivity contribution in [3.05, 3.63) is 56.4 Å². The molecule has 0 aliphatic heterocycles. The molecule has 3 aromatic rings. The Morgan fingerprint density at radius 2 is 1.69 bits per heavy atom. The summed E-state index contributed by atoms with van der Waals surface area (Å²) in [5.41, 5.74) is 9.10. The van der Waals surface area contributed by atoms with E-state index in [1.165, 1.54) is 15.2 Å². The fraction of sp³-hybridized carbons (Fsp3) is 0.235. The van der Waals surface area contributed by atoms with Crippen molar-refractivity contribution < 1.29 is 8.42 Å². The highest BCUT2D eigenvalue weighted by atomic mass is 79.9. The summed E-state index contributed by atoms with van der Waals surface area (Å²) in [5.74, 6) is 0. The Morgan fingerprint density at radius 1 is 1.08 bits per heavy atom. The van der Waals surface area contributed by atoms with E-state index in [-0.39, 0.29) is 17.1 Å². The van der Waals surface area contributed by atoms with Crippen LogP contribution in [-0.4, -0.2) is 17.6 Å². The van der Waals surface area contributed by atoms with Crippen molar-refractivity contribution in [2.75, 3.05) is 5.73 Å². The number of nitrogens with zero attached hydrogens (tertiary/aromatic N) is 2. The molecule has 0 spiro atoms. The maximum absolute atomic E-state index is 12.8. The van der Waals surface area contributed by atoms with E-state index >= 15 is 0 Å². The minimum atomic E-state index is -3.79. The van der Waals surface area contributed by atoms with Crippen molar-refractivity contribution in [2.24, 2.45) is 14.1 Å². The molecule has 0 saturated heterocycles. The van der Waals surface area contributed by atoms with Crippen LogP contribution in [0.25, 0.3) is 11.0 Å². The number of nitrogen functional groups attached to an aromatic ring is 1. The molecule has 26 heavy (non-hydrogen) atoms. The largest absolute Gasteiger partial charge is 0.399 e. The highest BCUT2D eigenvalue weighted by Gasteiger charge is 2.21. The Hall–Kier alpha value is -2.10. The maximum Gasteiger partial charge on any atom is 0.328 e. The van der Waals surface area contributed by atoms with E-state index in [2.05, 4.69) is 20.7 Å². The van der Waals surface area contributed by atoms with E-state index in [4.69, 9.17) is 5.73 Å². The van der Waals surface area contributed by atoms with Crippen LogP contribution in [-0.2, 0) is 30.7 Å². The van der Waals surface area contributed by atoms with Gasteiger partial charge in [-0.15, -0.1) is 0 Å². The molecular formula is C17H19BrN4O3S. The zero-order valence-corrected chi connectivity index (χ0v) is 17.0. The van der Waals surface area contributed by atoms with Gasteiger partial charge in [-0.25, -0.2) is 17.9 Å². The summed E-state index contributed by atoms with van der Waals surface area (Å²) in [6, 6.07) is 8.55. The number of aromatic nitrogens is 2. The molecule has 2 aromatic carbocycles. The molecule has 0 aliphatic rings. The van der Waals surface area contributed by atoms with Crippen LogP contribution in [0.2, 0.25) is 0 Å². The van der Waals surface area contributed by atoms with Crippen molar-refractivity contribution >= 4 is 42.7 Å². The molecule has 7 nitrogen and oxygen atoms in total. The molecule has 0 bridgehead atoms. The lowest BCUT2D eigenvalue weighted by Crippen LogP contribution is -2.24. The van der Waals surface area contributed by atoms with Gasteiger partial charge in [-0.2, -0.15) is 0 Å². The van der Waals surface area contributed by atoms with E-state index in [0.717, 1.165) is 11.1 Å². The summed E-state index contributed by atoms with van der Waals surface area (Å²) in [6.45, 7) is 2.02. The monoisotopic (exact) mass is 438 g/mol. The van der Waals surface area contributed by atoms with Crippen LogP contribution in [0.3, 0.4) is 0 Å². The van der Waals surface area contributed by atoms with Crippen molar-refractivity contribution in [2.45, 2.75) is 18.4 Å². The molecule has 3 N–H and O–H groups in total. The van der Waals surface area contributed by atoms with Gasteiger partial charge in [-0.1, -0.05) is 6.07 Å². The second-order valence-electron chi connectivity index (χ2n) is 6.25. The first kappa shape index (κ1) is 18.7. The molecule has 138 valence electrons. The third-order valence-corrected chi connectivity index (χ3v) is 6.60. The van der Waals surface area contributed by atoms with Crippen LogP contribution >= 0.6 is 15.9 Å². The summed E-state index contributed by atoms with van der Waals surface area (Å²) in [4.78, 5) is 12.1. The minimum absolute atomic E-state index is 0.0758. The number of nitrogens with one attached hydrogen (secondary N) is 1. The molecule has 0 atom stereocenters. The third-order valence-electron chi connectivity index (χ3n) is 4.24. The van der Waals surface area contributed by atoms with E-state index in [1.807, 2.05) is 19.1 Å². The Labute approximate surface area is 159 Å². The molecule has 3 rings (SSSR count). The molecule has 9 heteroatoms. The van der Waals surface area contributed by atoms with Crippen LogP contribution < -0.4 is 16.1 Å². The zero-order valence-electron chi connectivity index (χ0n) is 14.6. The number of hydrogen-bond donors (Lipinski definition) is 2. The molecule has 0 unspecified atom stereocenters. The van der Waals surface area contributed by atoms with Gasteiger partial charge in [0.15, 0.2) is 0 Å². The van der Waals surface area contributed by atoms with Crippen LogP contribution in [0.15, 0.2) is 44.5 Å². The smallest absolute Gasteiger partial charge is 0.328 e. The topological polar surface area (TPSA) is 99.1 Å². The maximum atomic E-state index is 12.8. The van der Waals surface area contributed by atoms with Gasteiger partial charge in [0.05, 0.1) is 15.9 Å². The quantitative estimate of drug-likeness (QED) is 0.608. The van der Waals surface area contributed by atoms with E-state index in [1.54, 1.807) is 26.2 Å². The molecule has 0 radical (unpaired) electrons. The lowest BCUT2D eigenvalue weighted by molar-refractivity contribution is 0.581. The highest BCUT2D eigenvalue weighted by molar-refractivity contribution is 9.10. The van der Waals surface area contributed by atoms with Crippen LogP contribution in [0.1, 0.15) is 11.1 Å². The predicted octanol–water partition coefficient (Wildman–Crippen LogP) is 2.01. The molecule has 0 amide bonds. The van der Waals surface area contributed by atoms with Crippen molar-refractivity contribution in [3.63, 3.8) is 0 Å². The number of imidazole rings is 1. The Morgan fingerprint density at radius 3 is 2.31 bits per heavy atom. The first-order chi connectivity index (χ1) is 12.1. The Kier molecular flexibility index (Phi) is 4.72. The molecule has 1 aromatic heterocycles. The SMILES string of the molecule is Cc1cc(N)cc(CNS(=O)(=O)c2cc3c(cc2Br)n(C)c(=O)n3C)c1. The number of rotatable bonds is 4. The first-order valence-corrected chi connectivity index (χ1v) is 10.1. The molecule has 0 fully saturated rings. The number of sulfonamides is 1. The van der Waals surface area contributed by atoms with Crippen LogP contribution in [0, 0.1) is 6.92 Å². The first-order valence-electron chi connectivity index (χ1n) is 7.81. The summed E-state index contributed by atoms with van der Waals surface area (Å²) in [7, 11) is -0.535. The second-order valence-corrected chi connectivity index (χ2v) is 8.84. The summed E-state index contributed by atoms with van der Waals surface area (Å²) < 4.78 is 31.4. The van der Waals surface area contributed by atoms with Crippen LogP contribution in [0.4, 0.5) is 5.69 Å². The molecule has 0 aliphatic carbocycles. The van der Waals surface area contributed by atoms with Gasteiger partial charge in [-0.3, -0.25) is 9.13 Å². The number of hydrogen-bond acceptors (Lipinski definition) is 4. The number of anilines is 1. The number of fused-ring (bicyclic) bond motifs is 1. The zero-order chi connectivity index (χ0) is 19.2. The normalized spacial score (nSPS) is 12.0. The average Bonchev–Trinajstić information content (AvgIpc) is 2.76. The molecule has 0 saturated carbocycles. The van der Waals surface area contributed by atoms with Gasteiger partial charge in [0.25, 0.3) is 0 Å². The van der Waals surface area contributed by atoms with E-state index in [0.29, 0.717) is 21.2 Å².